The largest absolute Gasteiger partial charge is 0.462 e. The number of hydrogen-bond donors (Lipinski definition) is 2. The minimum atomic E-state index is -0.648. The van der Waals surface area contributed by atoms with E-state index in [1.165, 1.54) is 0 Å². The Morgan fingerprint density at radius 2 is 1.65 bits per heavy atom. The van der Waals surface area contributed by atoms with Crippen LogP contribution in [-0.4, -0.2) is 17.6 Å². The van der Waals surface area contributed by atoms with Crippen LogP contribution in [0.3, 0.4) is 0 Å². The van der Waals surface area contributed by atoms with Crippen molar-refractivity contribution >= 4 is 34.4 Å². The maximum absolute atomic E-state index is 12.7. The third-order valence-corrected chi connectivity index (χ3v) is 4.75. The van der Waals surface area contributed by atoms with Gasteiger partial charge in [0.25, 0.3) is 0 Å². The molecular formula is C24H17N5O2. The van der Waals surface area contributed by atoms with E-state index in [0.717, 1.165) is 22.6 Å². The van der Waals surface area contributed by atoms with Crippen LogP contribution in [0.4, 0.5) is 17.2 Å². The summed E-state index contributed by atoms with van der Waals surface area (Å²) in [5, 5.41) is 26.1. The van der Waals surface area contributed by atoms with E-state index in [4.69, 9.17) is 4.74 Å². The molecule has 0 amide bonds. The van der Waals surface area contributed by atoms with Crippen molar-refractivity contribution in [2.75, 3.05) is 17.2 Å². The minimum Gasteiger partial charge on any atom is -0.462 e. The molecule has 0 atom stereocenters. The lowest BCUT2D eigenvalue weighted by molar-refractivity contribution is 0.0524. The number of fused-ring (bicyclic) bond motifs is 2. The molecule has 7 nitrogen and oxygen atoms in total. The Morgan fingerprint density at radius 1 is 1.00 bits per heavy atom. The lowest BCUT2D eigenvalue weighted by Gasteiger charge is -2.11. The predicted octanol–water partition coefficient (Wildman–Crippen LogP) is 2.78. The molecular weight excluding hydrogens is 390 g/mol. The Kier molecular flexibility index (Phi) is 5.33. The quantitative estimate of drug-likeness (QED) is 0.642. The van der Waals surface area contributed by atoms with E-state index >= 15 is 0 Å². The number of pyridine rings is 1. The number of carbonyl (C=O) groups excluding carboxylic acids is 1. The third-order valence-electron chi connectivity index (χ3n) is 4.75. The lowest BCUT2D eigenvalue weighted by atomic mass is 10.1. The molecule has 0 fully saturated rings. The average molecular weight is 407 g/mol. The standard InChI is InChI=1S/C24H17N5O2/c1-2-31-24(30)18-12-17-21(15-8-4-3-5-9-15)27-19-10-6-7-11-20(19)28-23(17)29-22(18)16(13-25)14-26/h3-12,27H,2H2,1H3,(H,28,29). The fourth-order valence-electron chi connectivity index (χ4n) is 3.35. The van der Waals surface area contributed by atoms with Crippen molar-refractivity contribution in [2.45, 2.75) is 6.92 Å². The summed E-state index contributed by atoms with van der Waals surface area (Å²) in [6, 6.07) is 22.5. The zero-order valence-electron chi connectivity index (χ0n) is 16.6. The Balaban J connectivity index is 2.14. The van der Waals surface area contributed by atoms with Gasteiger partial charge in [0.05, 0.1) is 29.2 Å². The van der Waals surface area contributed by atoms with E-state index < -0.39 is 5.97 Å². The van der Waals surface area contributed by atoms with Crippen molar-refractivity contribution in [1.82, 2.24) is 4.98 Å². The molecule has 0 bridgehead atoms. The molecule has 2 aromatic carbocycles. The Bertz CT molecular complexity index is 1370. The topological polar surface area (TPSA) is 111 Å². The second kappa shape index (κ2) is 8.40. The average Bonchev–Trinajstić information content (AvgIpc) is 2.96. The molecule has 0 unspecified atom stereocenters. The number of nitrogens with zero attached hydrogens (tertiary/aromatic N) is 3. The second-order valence-corrected chi connectivity index (χ2v) is 6.64. The first-order valence-electron chi connectivity index (χ1n) is 9.61. The number of para-hydroxylation sites is 2. The highest BCUT2D eigenvalue weighted by Gasteiger charge is 2.20. The molecule has 0 radical (unpaired) electrons. The first-order chi connectivity index (χ1) is 15.2. The summed E-state index contributed by atoms with van der Waals surface area (Å²) >= 11 is 0. The zero-order chi connectivity index (χ0) is 21.8. The second-order valence-electron chi connectivity index (χ2n) is 6.64. The van der Waals surface area contributed by atoms with Gasteiger partial charge in [-0.3, -0.25) is 0 Å². The van der Waals surface area contributed by atoms with Gasteiger partial charge in [-0.2, -0.15) is 10.5 Å². The van der Waals surface area contributed by atoms with Crippen LogP contribution < -0.4 is 21.2 Å². The van der Waals surface area contributed by atoms with Gasteiger partial charge < -0.3 is 15.4 Å². The van der Waals surface area contributed by atoms with Crippen molar-refractivity contribution in [1.29, 1.82) is 10.5 Å². The van der Waals surface area contributed by atoms with Gasteiger partial charge in [0.15, 0.2) is 5.57 Å². The molecule has 2 N–H and O–H groups in total. The van der Waals surface area contributed by atoms with E-state index in [1.54, 1.807) is 13.0 Å². The van der Waals surface area contributed by atoms with Crippen LogP contribution in [0.25, 0.3) is 11.3 Å². The normalized spacial score (nSPS) is 11.4. The van der Waals surface area contributed by atoms with Crippen molar-refractivity contribution in [3.8, 4) is 12.1 Å². The van der Waals surface area contributed by atoms with Crippen molar-refractivity contribution < 1.29 is 9.53 Å². The van der Waals surface area contributed by atoms with Gasteiger partial charge in [-0.1, -0.05) is 42.5 Å². The number of carbonyl (C=O) groups is 1. The predicted molar refractivity (Wildman–Crippen MR) is 116 cm³/mol. The summed E-state index contributed by atoms with van der Waals surface area (Å²) < 4.78 is 5.17. The Labute approximate surface area is 178 Å². The fraction of sp³-hybridized carbons (Fsp3) is 0.0833. The molecule has 2 heterocycles. The SMILES string of the molecule is CCOC(=O)c1cc2c(nc1=C(C#N)C#N)Nc1ccccc1NC=2c1ccccc1. The highest BCUT2D eigenvalue weighted by atomic mass is 16.5. The highest BCUT2D eigenvalue weighted by molar-refractivity contribution is 5.94. The molecule has 150 valence electrons. The van der Waals surface area contributed by atoms with Gasteiger partial charge in [0, 0.05) is 5.22 Å². The van der Waals surface area contributed by atoms with Crippen molar-refractivity contribution in [2.24, 2.45) is 0 Å². The number of nitriles is 2. The summed E-state index contributed by atoms with van der Waals surface area (Å²) in [7, 11) is 0. The number of ether oxygens (including phenoxy) is 1. The molecule has 0 saturated heterocycles. The summed E-state index contributed by atoms with van der Waals surface area (Å²) in [4.78, 5) is 17.2. The number of rotatable bonds is 3. The molecule has 0 spiro atoms. The van der Waals surface area contributed by atoms with E-state index in [2.05, 4.69) is 15.6 Å². The van der Waals surface area contributed by atoms with Gasteiger partial charge in [0.2, 0.25) is 0 Å². The first-order valence-corrected chi connectivity index (χ1v) is 9.61. The van der Waals surface area contributed by atoms with Crippen molar-refractivity contribution in [3.05, 3.63) is 82.4 Å². The maximum atomic E-state index is 12.7. The Morgan fingerprint density at radius 3 is 2.29 bits per heavy atom. The maximum Gasteiger partial charge on any atom is 0.340 e. The fourth-order valence-corrected chi connectivity index (χ4v) is 3.35. The van der Waals surface area contributed by atoms with Gasteiger partial charge in [0.1, 0.15) is 23.3 Å². The molecule has 31 heavy (non-hydrogen) atoms. The molecule has 0 aliphatic carbocycles. The highest BCUT2D eigenvalue weighted by Crippen LogP contribution is 2.29. The summed E-state index contributed by atoms with van der Waals surface area (Å²) in [5.74, 6) is -0.229. The molecule has 3 aromatic rings. The number of nitrogens with one attached hydrogen (secondary N) is 2. The van der Waals surface area contributed by atoms with E-state index in [9.17, 15) is 15.3 Å². The van der Waals surface area contributed by atoms with Crippen LogP contribution in [0.15, 0.2) is 60.7 Å². The number of esters is 1. The zero-order valence-corrected chi connectivity index (χ0v) is 16.6. The molecule has 1 aliphatic heterocycles. The lowest BCUT2D eigenvalue weighted by Crippen LogP contribution is -2.30. The summed E-state index contributed by atoms with van der Waals surface area (Å²) in [6.45, 7) is 1.84. The molecule has 0 saturated carbocycles. The van der Waals surface area contributed by atoms with Gasteiger partial charge >= 0.3 is 5.97 Å². The summed E-state index contributed by atoms with van der Waals surface area (Å²) in [6.07, 6.45) is 0. The third kappa shape index (κ3) is 3.68. The summed E-state index contributed by atoms with van der Waals surface area (Å²) in [5.41, 5.74) is 3.00. The first kappa shape index (κ1) is 19.7. The minimum absolute atomic E-state index is 0.0125. The van der Waals surface area contributed by atoms with E-state index in [0.29, 0.717) is 11.0 Å². The van der Waals surface area contributed by atoms with Gasteiger partial charge in [-0.25, -0.2) is 9.78 Å². The number of anilines is 3. The van der Waals surface area contributed by atoms with Crippen LogP contribution in [-0.2, 0) is 4.74 Å². The van der Waals surface area contributed by atoms with Crippen molar-refractivity contribution in [3.63, 3.8) is 0 Å². The molecule has 7 heteroatoms. The van der Waals surface area contributed by atoms with Crippen LogP contribution in [0.2, 0.25) is 0 Å². The molecule has 1 aromatic heterocycles. The molecule has 1 aliphatic rings. The van der Waals surface area contributed by atoms with Gasteiger partial charge in [-0.15, -0.1) is 0 Å². The Hall–Kier alpha value is -4.62. The van der Waals surface area contributed by atoms with Crippen LogP contribution >= 0.6 is 0 Å². The number of benzene rings is 2. The van der Waals surface area contributed by atoms with E-state index in [1.807, 2.05) is 66.7 Å². The van der Waals surface area contributed by atoms with Gasteiger partial charge in [-0.05, 0) is 30.7 Å². The smallest absolute Gasteiger partial charge is 0.340 e. The molecule has 4 rings (SSSR count). The van der Waals surface area contributed by atoms with Crippen LogP contribution in [0.1, 0.15) is 22.8 Å². The number of aromatic nitrogens is 1. The monoisotopic (exact) mass is 407 g/mol. The van der Waals surface area contributed by atoms with E-state index in [-0.39, 0.29) is 23.1 Å². The van der Waals surface area contributed by atoms with Crippen LogP contribution in [0, 0.1) is 22.7 Å². The number of hydrogen-bond acceptors (Lipinski definition) is 7. The van der Waals surface area contributed by atoms with Crippen LogP contribution in [0.5, 0.6) is 0 Å².